The van der Waals surface area contributed by atoms with Gasteiger partial charge >= 0.3 is 5.69 Å². The van der Waals surface area contributed by atoms with Crippen molar-refractivity contribution in [1.29, 1.82) is 0 Å². The molecule has 1 unspecified atom stereocenters. The molecule has 0 aliphatic heterocycles. The van der Waals surface area contributed by atoms with E-state index in [2.05, 4.69) is 34.5 Å². The molecule has 0 bridgehead atoms. The van der Waals surface area contributed by atoms with Crippen molar-refractivity contribution in [2.24, 2.45) is 7.05 Å². The molecule has 0 saturated heterocycles. The SMILES string of the molecule is CCCC(CC(=O)NS(=O)(=O)C(C)(C)C)n1c(=O)n(Cc2cn(C)c3cccc(C)c23)c2ccccc21. The highest BCUT2D eigenvalue weighted by Gasteiger charge is 2.32. The Hall–Kier alpha value is -3.33. The highest BCUT2D eigenvalue weighted by atomic mass is 32.2. The van der Waals surface area contributed by atoms with Crippen LogP contribution in [0.3, 0.4) is 0 Å². The maximum atomic E-state index is 13.9. The third-order valence-corrected chi connectivity index (χ3v) is 9.07. The van der Waals surface area contributed by atoms with Crippen molar-refractivity contribution in [3.63, 3.8) is 0 Å². The van der Waals surface area contributed by atoms with Gasteiger partial charge in [-0.15, -0.1) is 0 Å². The number of amides is 1. The number of fused-ring (bicyclic) bond motifs is 2. The molecule has 37 heavy (non-hydrogen) atoms. The summed E-state index contributed by atoms with van der Waals surface area (Å²) >= 11 is 0. The Bertz CT molecular complexity index is 1630. The van der Waals surface area contributed by atoms with Crippen LogP contribution in [-0.4, -0.2) is 32.8 Å². The molecule has 0 spiro atoms. The molecule has 0 aliphatic carbocycles. The topological polar surface area (TPSA) is 95.1 Å². The van der Waals surface area contributed by atoms with Crippen molar-refractivity contribution in [3.8, 4) is 0 Å². The van der Waals surface area contributed by atoms with Crippen LogP contribution in [0.1, 0.15) is 64.1 Å². The molecule has 198 valence electrons. The van der Waals surface area contributed by atoms with Gasteiger partial charge in [0.25, 0.3) is 0 Å². The molecule has 1 amide bonds. The summed E-state index contributed by atoms with van der Waals surface area (Å²) in [7, 11) is -1.85. The number of benzene rings is 2. The van der Waals surface area contributed by atoms with E-state index in [1.807, 2.05) is 44.3 Å². The van der Waals surface area contributed by atoms with E-state index in [0.29, 0.717) is 13.0 Å². The zero-order valence-corrected chi connectivity index (χ0v) is 23.2. The van der Waals surface area contributed by atoms with E-state index in [9.17, 15) is 18.0 Å². The first-order valence-electron chi connectivity index (χ1n) is 12.6. The number of hydrogen-bond acceptors (Lipinski definition) is 4. The molecule has 0 saturated carbocycles. The van der Waals surface area contributed by atoms with Gasteiger partial charge in [0.1, 0.15) is 0 Å². The van der Waals surface area contributed by atoms with Gasteiger partial charge in [-0.2, -0.15) is 0 Å². The lowest BCUT2D eigenvalue weighted by atomic mass is 10.1. The highest BCUT2D eigenvalue weighted by molar-refractivity contribution is 7.91. The predicted octanol–water partition coefficient (Wildman–Crippen LogP) is 4.63. The number of carbonyl (C=O) groups is 1. The lowest BCUT2D eigenvalue weighted by molar-refractivity contribution is -0.120. The molecular weight excluding hydrogens is 488 g/mol. The number of aryl methyl sites for hydroxylation is 2. The summed E-state index contributed by atoms with van der Waals surface area (Å²) in [6.45, 7) is 9.06. The van der Waals surface area contributed by atoms with Crippen molar-refractivity contribution in [1.82, 2.24) is 18.4 Å². The average molecular weight is 525 g/mol. The normalized spacial score (nSPS) is 13.4. The largest absolute Gasteiger partial charge is 0.350 e. The summed E-state index contributed by atoms with van der Waals surface area (Å²) in [5.41, 5.74) is 4.59. The van der Waals surface area contributed by atoms with Crippen molar-refractivity contribution in [3.05, 3.63) is 70.3 Å². The molecule has 4 aromatic rings. The third-order valence-electron chi connectivity index (χ3n) is 6.96. The molecular formula is C28H36N4O4S. The van der Waals surface area contributed by atoms with Crippen LogP contribution in [0.25, 0.3) is 21.9 Å². The smallest absolute Gasteiger partial charge is 0.329 e. The number of hydrogen-bond donors (Lipinski definition) is 1. The predicted molar refractivity (Wildman–Crippen MR) is 148 cm³/mol. The Balaban J connectivity index is 1.78. The summed E-state index contributed by atoms with van der Waals surface area (Å²) in [6, 6.07) is 13.3. The van der Waals surface area contributed by atoms with Gasteiger partial charge in [-0.3, -0.25) is 18.7 Å². The lowest BCUT2D eigenvalue weighted by Gasteiger charge is -2.22. The Morgan fingerprint density at radius 3 is 2.32 bits per heavy atom. The van der Waals surface area contributed by atoms with Crippen LogP contribution in [-0.2, 0) is 28.4 Å². The van der Waals surface area contributed by atoms with Crippen molar-refractivity contribution < 1.29 is 13.2 Å². The van der Waals surface area contributed by atoms with Gasteiger partial charge in [-0.05, 0) is 63.4 Å². The van der Waals surface area contributed by atoms with Crippen LogP contribution < -0.4 is 10.4 Å². The third kappa shape index (κ3) is 4.97. The van der Waals surface area contributed by atoms with Gasteiger partial charge in [0.2, 0.25) is 15.9 Å². The second kappa shape index (κ2) is 9.85. The van der Waals surface area contributed by atoms with Crippen LogP contribution in [0, 0.1) is 6.92 Å². The molecule has 4 rings (SSSR count). The van der Waals surface area contributed by atoms with Gasteiger partial charge < -0.3 is 4.57 Å². The fourth-order valence-electron chi connectivity index (χ4n) is 4.97. The minimum atomic E-state index is -3.84. The Kier molecular flexibility index (Phi) is 7.12. The lowest BCUT2D eigenvalue weighted by Crippen LogP contribution is -2.43. The van der Waals surface area contributed by atoms with Crippen LogP contribution in [0.5, 0.6) is 0 Å². The quantitative estimate of drug-likeness (QED) is 0.364. The molecule has 1 N–H and O–H groups in total. The number of imidazole rings is 1. The zero-order chi connectivity index (χ0) is 27.1. The maximum Gasteiger partial charge on any atom is 0.329 e. The second-order valence-corrected chi connectivity index (χ2v) is 13.2. The van der Waals surface area contributed by atoms with E-state index in [1.165, 1.54) is 0 Å². The number of para-hydroxylation sites is 2. The molecule has 2 aromatic carbocycles. The first-order valence-corrected chi connectivity index (χ1v) is 14.1. The minimum Gasteiger partial charge on any atom is -0.350 e. The van der Waals surface area contributed by atoms with E-state index in [-0.39, 0.29) is 12.1 Å². The number of carbonyl (C=O) groups excluding carboxylic acids is 1. The fraction of sp³-hybridized carbons (Fsp3) is 0.429. The maximum absolute atomic E-state index is 13.9. The van der Waals surface area contributed by atoms with Crippen molar-refractivity contribution in [2.45, 2.75) is 71.2 Å². The van der Waals surface area contributed by atoms with Crippen LogP contribution >= 0.6 is 0 Å². The van der Waals surface area contributed by atoms with Gasteiger partial charge in [0.05, 0.1) is 22.3 Å². The molecule has 0 aliphatic rings. The summed E-state index contributed by atoms with van der Waals surface area (Å²) in [6.07, 6.45) is 3.25. The Labute approximate surface area is 217 Å². The zero-order valence-electron chi connectivity index (χ0n) is 22.4. The molecule has 2 aromatic heterocycles. The summed E-state index contributed by atoms with van der Waals surface area (Å²) in [5, 5.41) is 1.13. The molecule has 9 heteroatoms. The average Bonchev–Trinajstić information content (AvgIpc) is 3.27. The second-order valence-electron chi connectivity index (χ2n) is 10.7. The summed E-state index contributed by atoms with van der Waals surface area (Å²) < 4.78 is 31.7. The molecule has 2 heterocycles. The van der Waals surface area contributed by atoms with E-state index < -0.39 is 26.7 Å². The van der Waals surface area contributed by atoms with Crippen LogP contribution in [0.15, 0.2) is 53.5 Å². The van der Waals surface area contributed by atoms with Gasteiger partial charge in [-0.25, -0.2) is 13.2 Å². The van der Waals surface area contributed by atoms with Gasteiger partial charge in [0.15, 0.2) is 0 Å². The van der Waals surface area contributed by atoms with Crippen molar-refractivity contribution >= 4 is 37.9 Å². The fourth-order valence-corrected chi connectivity index (χ4v) is 5.66. The number of aromatic nitrogens is 3. The first kappa shape index (κ1) is 26.7. The number of nitrogens with one attached hydrogen (secondary N) is 1. The summed E-state index contributed by atoms with van der Waals surface area (Å²) in [4.78, 5) is 26.8. The van der Waals surface area contributed by atoms with Gasteiger partial charge in [-0.1, -0.05) is 37.6 Å². The molecule has 8 nitrogen and oxygen atoms in total. The highest BCUT2D eigenvalue weighted by Crippen LogP contribution is 2.28. The Morgan fingerprint density at radius 2 is 1.68 bits per heavy atom. The molecule has 0 radical (unpaired) electrons. The van der Waals surface area contributed by atoms with E-state index in [1.54, 1.807) is 29.9 Å². The van der Waals surface area contributed by atoms with E-state index in [4.69, 9.17) is 0 Å². The molecule has 0 fully saturated rings. The molecule has 1 atom stereocenters. The van der Waals surface area contributed by atoms with Gasteiger partial charge in [0, 0.05) is 36.6 Å². The Morgan fingerprint density at radius 1 is 1.03 bits per heavy atom. The van der Waals surface area contributed by atoms with Crippen LogP contribution in [0.4, 0.5) is 0 Å². The van der Waals surface area contributed by atoms with Crippen molar-refractivity contribution in [2.75, 3.05) is 0 Å². The summed E-state index contributed by atoms with van der Waals surface area (Å²) in [5.74, 6) is -0.609. The monoisotopic (exact) mass is 524 g/mol. The first-order chi connectivity index (χ1) is 17.4. The minimum absolute atomic E-state index is 0.107. The standard InChI is InChI=1S/C28H36N4O4S/c1-7-11-21(16-25(33)29-37(35,36)28(3,4)5)32-23-14-9-8-13-22(23)31(27(32)34)18-20-17-30(6)24-15-10-12-19(2)26(20)24/h8-10,12-15,17,21H,7,11,16,18H2,1-6H3,(H,29,33). The number of sulfonamides is 1. The van der Waals surface area contributed by atoms with E-state index >= 15 is 0 Å². The van der Waals surface area contributed by atoms with E-state index in [0.717, 1.165) is 39.5 Å². The number of nitrogens with zero attached hydrogens (tertiary/aromatic N) is 3. The number of rotatable bonds is 8. The van der Waals surface area contributed by atoms with Crippen LogP contribution in [0.2, 0.25) is 0 Å².